The second-order valence-electron chi connectivity index (χ2n) is 7.16. The number of hydrogen-bond acceptors (Lipinski definition) is 3. The summed E-state index contributed by atoms with van der Waals surface area (Å²) in [6.45, 7) is 2.09. The largest absolute Gasteiger partial charge is 0.497 e. The molecule has 1 unspecified atom stereocenters. The van der Waals surface area contributed by atoms with Gasteiger partial charge in [0.2, 0.25) is 11.8 Å². The number of carbonyl (C=O) groups is 2. The van der Waals surface area contributed by atoms with Crippen molar-refractivity contribution in [2.24, 2.45) is 0 Å². The van der Waals surface area contributed by atoms with Crippen molar-refractivity contribution in [3.63, 3.8) is 0 Å². The number of halogens is 1. The van der Waals surface area contributed by atoms with Gasteiger partial charge in [0.15, 0.2) is 0 Å². The lowest BCUT2D eigenvalue weighted by Gasteiger charge is -2.26. The molecular formula is C23H25FN2O3. The number of ether oxygens (including phenoxy) is 1. The van der Waals surface area contributed by atoms with Gasteiger partial charge in [0.25, 0.3) is 0 Å². The molecule has 1 aliphatic carbocycles. The Labute approximate surface area is 170 Å². The number of rotatable bonds is 8. The highest BCUT2D eigenvalue weighted by atomic mass is 19.1. The van der Waals surface area contributed by atoms with Crippen LogP contribution in [0.15, 0.2) is 54.6 Å². The Balaban J connectivity index is 1.57. The molecule has 152 valence electrons. The molecule has 5 nitrogen and oxygen atoms in total. The fraction of sp³-hybridized carbons (Fsp3) is 0.304. The molecule has 1 atom stereocenters. The first-order valence-corrected chi connectivity index (χ1v) is 9.64. The van der Waals surface area contributed by atoms with E-state index in [4.69, 9.17) is 4.74 Å². The first-order chi connectivity index (χ1) is 14.0. The number of carbonyl (C=O) groups excluding carboxylic acids is 2. The van der Waals surface area contributed by atoms with Crippen molar-refractivity contribution in [2.75, 3.05) is 7.11 Å². The van der Waals surface area contributed by atoms with Crippen molar-refractivity contribution in [1.29, 1.82) is 0 Å². The highest BCUT2D eigenvalue weighted by molar-refractivity contribution is 5.95. The molecule has 2 amide bonds. The molecule has 0 aromatic heterocycles. The van der Waals surface area contributed by atoms with E-state index in [0.717, 1.165) is 29.7 Å². The number of methoxy groups -OCH3 is 1. The molecule has 2 aromatic rings. The predicted octanol–water partition coefficient (Wildman–Crippen LogP) is 3.54. The molecule has 29 heavy (non-hydrogen) atoms. The minimum Gasteiger partial charge on any atom is -0.497 e. The maximum absolute atomic E-state index is 13.1. The molecule has 0 bridgehead atoms. The zero-order valence-electron chi connectivity index (χ0n) is 16.6. The lowest BCUT2D eigenvalue weighted by Crippen LogP contribution is -2.47. The molecule has 1 fully saturated rings. The van der Waals surface area contributed by atoms with Gasteiger partial charge in [-0.15, -0.1) is 0 Å². The molecule has 0 radical (unpaired) electrons. The van der Waals surface area contributed by atoms with E-state index in [0.29, 0.717) is 6.54 Å². The van der Waals surface area contributed by atoms with Crippen LogP contribution in [0.1, 0.15) is 30.9 Å². The van der Waals surface area contributed by atoms with Crippen LogP contribution in [0.4, 0.5) is 4.39 Å². The number of hydrogen-bond donors (Lipinski definition) is 1. The highest BCUT2D eigenvalue weighted by Crippen LogP contribution is 2.29. The van der Waals surface area contributed by atoms with E-state index in [1.54, 1.807) is 37.1 Å². The summed E-state index contributed by atoms with van der Waals surface area (Å²) in [5.74, 6) is -0.0308. The van der Waals surface area contributed by atoms with Crippen LogP contribution < -0.4 is 10.1 Å². The van der Waals surface area contributed by atoms with Gasteiger partial charge in [0.1, 0.15) is 17.6 Å². The van der Waals surface area contributed by atoms with Gasteiger partial charge < -0.3 is 15.0 Å². The second kappa shape index (κ2) is 9.37. The van der Waals surface area contributed by atoms with Gasteiger partial charge in [-0.3, -0.25) is 9.59 Å². The van der Waals surface area contributed by atoms with Crippen LogP contribution in [-0.2, 0) is 16.1 Å². The molecule has 1 saturated carbocycles. The van der Waals surface area contributed by atoms with Crippen LogP contribution in [0.2, 0.25) is 0 Å². The molecule has 0 saturated heterocycles. The minimum absolute atomic E-state index is 0.136. The number of nitrogens with one attached hydrogen (secondary N) is 1. The Morgan fingerprint density at radius 2 is 1.83 bits per heavy atom. The van der Waals surface area contributed by atoms with Crippen molar-refractivity contribution >= 4 is 17.9 Å². The first-order valence-electron chi connectivity index (χ1n) is 9.64. The molecule has 3 rings (SSSR count). The molecule has 1 aliphatic rings. The quantitative estimate of drug-likeness (QED) is 0.695. The van der Waals surface area contributed by atoms with Crippen LogP contribution in [0.25, 0.3) is 6.08 Å². The van der Waals surface area contributed by atoms with Gasteiger partial charge in [-0.25, -0.2) is 4.39 Å². The normalized spacial score (nSPS) is 14.4. The smallest absolute Gasteiger partial charge is 0.245 e. The molecular weight excluding hydrogens is 371 g/mol. The summed E-state index contributed by atoms with van der Waals surface area (Å²) in [5.41, 5.74) is 1.72. The number of nitrogens with zero attached hydrogens (tertiary/aromatic N) is 1. The Kier molecular flexibility index (Phi) is 6.65. The monoisotopic (exact) mass is 396 g/mol. The topological polar surface area (TPSA) is 58.6 Å². The van der Waals surface area contributed by atoms with Crippen LogP contribution in [0, 0.1) is 5.82 Å². The predicted molar refractivity (Wildman–Crippen MR) is 110 cm³/mol. The van der Waals surface area contributed by atoms with Crippen molar-refractivity contribution in [3.8, 4) is 5.75 Å². The third-order valence-electron chi connectivity index (χ3n) is 4.81. The van der Waals surface area contributed by atoms with Crippen molar-refractivity contribution in [2.45, 2.75) is 38.4 Å². The summed E-state index contributed by atoms with van der Waals surface area (Å²) in [7, 11) is 1.59. The number of benzene rings is 2. The van der Waals surface area contributed by atoms with E-state index >= 15 is 0 Å². The van der Waals surface area contributed by atoms with E-state index in [1.165, 1.54) is 18.2 Å². The van der Waals surface area contributed by atoms with Crippen LogP contribution in [0.5, 0.6) is 5.75 Å². The van der Waals surface area contributed by atoms with Gasteiger partial charge in [0.05, 0.1) is 7.11 Å². The lowest BCUT2D eigenvalue weighted by atomic mass is 10.1. The first kappa shape index (κ1) is 20.6. The third-order valence-corrected chi connectivity index (χ3v) is 4.81. The van der Waals surface area contributed by atoms with Crippen molar-refractivity contribution in [3.05, 3.63) is 71.6 Å². The molecule has 1 N–H and O–H groups in total. The van der Waals surface area contributed by atoms with E-state index in [-0.39, 0.29) is 23.7 Å². The molecule has 2 aromatic carbocycles. The lowest BCUT2D eigenvalue weighted by molar-refractivity contribution is -0.136. The van der Waals surface area contributed by atoms with Gasteiger partial charge in [0, 0.05) is 18.7 Å². The summed E-state index contributed by atoms with van der Waals surface area (Å²) < 4.78 is 18.2. The minimum atomic E-state index is -0.649. The standard InChI is InChI=1S/C23H25FN2O3/c1-16(25-22(27)14-7-17-5-12-21(29-2)13-6-17)23(28)26(20-10-11-20)15-18-3-8-19(24)9-4-18/h3-9,12-14,16,20H,10-11,15H2,1-2H3,(H,25,27)/b14-7+. The third kappa shape index (κ3) is 5.91. The average Bonchev–Trinajstić information content (AvgIpc) is 3.57. The maximum atomic E-state index is 13.1. The SMILES string of the molecule is COc1ccc(/C=C/C(=O)NC(C)C(=O)N(Cc2ccc(F)cc2)C2CC2)cc1. The summed E-state index contributed by atoms with van der Waals surface area (Å²) in [6, 6.07) is 13.0. The second-order valence-corrected chi connectivity index (χ2v) is 7.16. The van der Waals surface area contributed by atoms with E-state index < -0.39 is 6.04 Å². The van der Waals surface area contributed by atoms with Crippen LogP contribution >= 0.6 is 0 Å². The van der Waals surface area contributed by atoms with Gasteiger partial charge in [-0.2, -0.15) is 0 Å². The van der Waals surface area contributed by atoms with Gasteiger partial charge in [-0.1, -0.05) is 24.3 Å². The fourth-order valence-corrected chi connectivity index (χ4v) is 3.02. The zero-order chi connectivity index (χ0) is 20.8. The highest BCUT2D eigenvalue weighted by Gasteiger charge is 2.34. The Morgan fingerprint density at radius 3 is 2.41 bits per heavy atom. The van der Waals surface area contributed by atoms with Crippen molar-refractivity contribution in [1.82, 2.24) is 10.2 Å². The van der Waals surface area contributed by atoms with E-state index in [1.807, 2.05) is 24.3 Å². The number of amides is 2. The summed E-state index contributed by atoms with van der Waals surface area (Å²) >= 11 is 0. The van der Waals surface area contributed by atoms with Crippen molar-refractivity contribution < 1.29 is 18.7 Å². The average molecular weight is 396 g/mol. The summed E-state index contributed by atoms with van der Waals surface area (Å²) in [5, 5.41) is 2.73. The van der Waals surface area contributed by atoms with E-state index in [9.17, 15) is 14.0 Å². The van der Waals surface area contributed by atoms with E-state index in [2.05, 4.69) is 5.32 Å². The molecule has 6 heteroatoms. The van der Waals surface area contributed by atoms with Gasteiger partial charge in [-0.05, 0) is 61.2 Å². The fourth-order valence-electron chi connectivity index (χ4n) is 3.02. The maximum Gasteiger partial charge on any atom is 0.245 e. The van der Waals surface area contributed by atoms with Crippen LogP contribution in [-0.4, -0.2) is 35.9 Å². The summed E-state index contributed by atoms with van der Waals surface area (Å²) in [4.78, 5) is 26.9. The van der Waals surface area contributed by atoms with Gasteiger partial charge >= 0.3 is 0 Å². The Morgan fingerprint density at radius 1 is 1.17 bits per heavy atom. The Bertz CT molecular complexity index is 874. The summed E-state index contributed by atoms with van der Waals surface area (Å²) in [6.07, 6.45) is 4.99. The molecule has 0 spiro atoms. The molecule has 0 aliphatic heterocycles. The molecule has 0 heterocycles. The van der Waals surface area contributed by atoms with Crippen LogP contribution in [0.3, 0.4) is 0 Å². The zero-order valence-corrected chi connectivity index (χ0v) is 16.6. The Hall–Kier alpha value is -3.15.